The second-order valence-electron chi connectivity index (χ2n) is 4.27. The van der Waals surface area contributed by atoms with Crippen molar-refractivity contribution in [3.8, 4) is 6.07 Å². The molecule has 90 valence electrons. The molecule has 3 nitrogen and oxygen atoms in total. The average Bonchev–Trinajstić information content (AvgIpc) is 3.05. The van der Waals surface area contributed by atoms with Gasteiger partial charge in [-0.05, 0) is 36.6 Å². The van der Waals surface area contributed by atoms with E-state index in [2.05, 4.69) is 0 Å². The van der Waals surface area contributed by atoms with Crippen molar-refractivity contribution >= 4 is 9.84 Å². The summed E-state index contributed by atoms with van der Waals surface area (Å²) in [5, 5.41) is 9.11. The maximum Gasteiger partial charge on any atom is 0.197 e. The van der Waals surface area contributed by atoms with Gasteiger partial charge in [0.2, 0.25) is 0 Å². The molecule has 0 aliphatic heterocycles. The van der Waals surface area contributed by atoms with Crippen LogP contribution in [-0.4, -0.2) is 13.2 Å². The van der Waals surface area contributed by atoms with Crippen molar-refractivity contribution in [2.45, 2.75) is 29.4 Å². The zero-order valence-electron chi connectivity index (χ0n) is 9.35. The lowest BCUT2D eigenvalue weighted by atomic mass is 10.3. The Balaban J connectivity index is 2.45. The molecule has 2 unspecified atom stereocenters. The Morgan fingerprint density at radius 2 is 2.06 bits per heavy atom. The fourth-order valence-corrected chi connectivity index (χ4v) is 4.19. The van der Waals surface area contributed by atoms with Gasteiger partial charge in [-0.15, -0.1) is 0 Å². The van der Waals surface area contributed by atoms with Crippen LogP contribution in [0.15, 0.2) is 29.2 Å². The smallest absolute Gasteiger partial charge is 0.197 e. The van der Waals surface area contributed by atoms with Crippen LogP contribution in [0.25, 0.3) is 0 Å². The van der Waals surface area contributed by atoms with Crippen LogP contribution in [0.5, 0.6) is 0 Å². The van der Waals surface area contributed by atoms with Crippen molar-refractivity contribution in [2.75, 3.05) is 0 Å². The van der Waals surface area contributed by atoms with Crippen molar-refractivity contribution in [3.05, 3.63) is 30.1 Å². The summed E-state index contributed by atoms with van der Waals surface area (Å²) in [5.41, 5.74) is 0. The topological polar surface area (TPSA) is 57.9 Å². The summed E-state index contributed by atoms with van der Waals surface area (Å²) < 4.78 is 36.0. The minimum atomic E-state index is -3.68. The number of nitriles is 1. The van der Waals surface area contributed by atoms with Gasteiger partial charge in [0.15, 0.2) is 14.6 Å². The van der Waals surface area contributed by atoms with Gasteiger partial charge in [0, 0.05) is 0 Å². The molecular weight excluding hydrogens is 241 g/mol. The minimum Gasteiger partial charge on any atom is -0.222 e. The number of benzene rings is 1. The van der Waals surface area contributed by atoms with Gasteiger partial charge in [-0.3, -0.25) is 0 Å². The molecule has 0 aromatic heterocycles. The molecule has 5 heteroatoms. The summed E-state index contributed by atoms with van der Waals surface area (Å²) in [7, 11) is -3.68. The third kappa shape index (κ3) is 1.64. The molecule has 1 fully saturated rings. The number of sulfone groups is 1. The first-order chi connectivity index (χ1) is 7.98. The van der Waals surface area contributed by atoms with E-state index in [1.54, 1.807) is 0 Å². The van der Waals surface area contributed by atoms with Crippen LogP contribution in [0.2, 0.25) is 0 Å². The Kier molecular flexibility index (Phi) is 2.70. The van der Waals surface area contributed by atoms with Gasteiger partial charge in [0.25, 0.3) is 0 Å². The highest BCUT2D eigenvalue weighted by Crippen LogP contribution is 2.53. The fraction of sp³-hybridized carbons (Fsp3) is 0.417. The Bertz CT molecular complexity index is 574. The predicted octanol–water partition coefficient (Wildman–Crippen LogP) is 2.29. The molecule has 1 aromatic rings. The first kappa shape index (κ1) is 12.1. The van der Waals surface area contributed by atoms with Crippen molar-refractivity contribution in [2.24, 2.45) is 5.92 Å². The quantitative estimate of drug-likeness (QED) is 0.776. The summed E-state index contributed by atoms with van der Waals surface area (Å²) in [6, 6.07) is 6.56. The molecule has 0 saturated heterocycles. The molecule has 17 heavy (non-hydrogen) atoms. The number of rotatable bonds is 3. The van der Waals surface area contributed by atoms with Gasteiger partial charge in [-0.25, -0.2) is 12.8 Å². The van der Waals surface area contributed by atoms with Crippen LogP contribution < -0.4 is 0 Å². The molecule has 0 heterocycles. The summed E-state index contributed by atoms with van der Waals surface area (Å²) in [6.07, 6.45) is 1.04. The third-order valence-corrected chi connectivity index (χ3v) is 5.78. The number of hydrogen-bond donors (Lipinski definition) is 0. The van der Waals surface area contributed by atoms with Gasteiger partial charge in [0.1, 0.15) is 5.82 Å². The molecule has 1 aliphatic rings. The van der Waals surface area contributed by atoms with Crippen LogP contribution in [0.3, 0.4) is 0 Å². The van der Waals surface area contributed by atoms with Crippen LogP contribution in [-0.2, 0) is 9.84 Å². The van der Waals surface area contributed by atoms with Gasteiger partial charge in [-0.1, -0.05) is 13.3 Å². The molecule has 0 N–H and O–H groups in total. The SMILES string of the molecule is CCC1CC1(C#N)S(=O)(=O)c1ccc(F)cc1. The zero-order valence-corrected chi connectivity index (χ0v) is 10.2. The second-order valence-corrected chi connectivity index (χ2v) is 6.47. The van der Waals surface area contributed by atoms with Gasteiger partial charge >= 0.3 is 0 Å². The van der Waals surface area contributed by atoms with Crippen LogP contribution in [0.1, 0.15) is 19.8 Å². The van der Waals surface area contributed by atoms with E-state index in [1.165, 1.54) is 12.1 Å². The molecule has 1 aliphatic carbocycles. The first-order valence-corrected chi connectivity index (χ1v) is 6.87. The van der Waals surface area contributed by atoms with E-state index in [0.717, 1.165) is 12.1 Å². The van der Waals surface area contributed by atoms with Crippen LogP contribution in [0.4, 0.5) is 4.39 Å². The van der Waals surface area contributed by atoms with E-state index in [0.29, 0.717) is 12.8 Å². The largest absolute Gasteiger partial charge is 0.222 e. The minimum absolute atomic E-state index is 0.0244. The fourth-order valence-electron chi connectivity index (χ4n) is 2.13. The molecule has 1 saturated carbocycles. The Hall–Kier alpha value is -1.41. The first-order valence-electron chi connectivity index (χ1n) is 5.39. The summed E-state index contributed by atoms with van der Waals surface area (Å²) in [6.45, 7) is 1.87. The highest BCUT2D eigenvalue weighted by atomic mass is 32.2. The molecule has 0 spiro atoms. The molecule has 0 bridgehead atoms. The monoisotopic (exact) mass is 253 g/mol. The van der Waals surface area contributed by atoms with Gasteiger partial charge in [0.05, 0.1) is 11.0 Å². The lowest BCUT2D eigenvalue weighted by molar-refractivity contribution is 0.580. The number of hydrogen-bond acceptors (Lipinski definition) is 3. The van der Waals surface area contributed by atoms with Crippen LogP contribution in [0, 0.1) is 23.1 Å². The molecule has 0 amide bonds. The third-order valence-electron chi connectivity index (χ3n) is 3.33. The maximum absolute atomic E-state index is 12.8. The molecular formula is C12H12FNO2S. The lowest BCUT2D eigenvalue weighted by Crippen LogP contribution is -2.24. The average molecular weight is 253 g/mol. The van der Waals surface area contributed by atoms with E-state index in [1.807, 2.05) is 13.0 Å². The zero-order chi connectivity index (χ0) is 12.7. The van der Waals surface area contributed by atoms with Crippen molar-refractivity contribution in [1.82, 2.24) is 0 Å². The molecule has 1 aromatic carbocycles. The molecule has 2 atom stereocenters. The molecule has 0 radical (unpaired) electrons. The van der Waals surface area contributed by atoms with Crippen molar-refractivity contribution < 1.29 is 12.8 Å². The molecule has 2 rings (SSSR count). The van der Waals surface area contributed by atoms with Crippen molar-refractivity contribution in [1.29, 1.82) is 5.26 Å². The van der Waals surface area contributed by atoms with Crippen molar-refractivity contribution in [3.63, 3.8) is 0 Å². The summed E-state index contributed by atoms with van der Waals surface area (Å²) in [4.78, 5) is 0.0244. The Morgan fingerprint density at radius 1 is 1.47 bits per heavy atom. The van der Waals surface area contributed by atoms with E-state index >= 15 is 0 Å². The number of halogens is 1. The Morgan fingerprint density at radius 3 is 2.47 bits per heavy atom. The summed E-state index contributed by atoms with van der Waals surface area (Å²) >= 11 is 0. The highest BCUT2D eigenvalue weighted by Gasteiger charge is 2.64. The predicted molar refractivity (Wildman–Crippen MR) is 60.3 cm³/mol. The van der Waals surface area contributed by atoms with Crippen LogP contribution >= 0.6 is 0 Å². The lowest BCUT2D eigenvalue weighted by Gasteiger charge is -2.10. The second kappa shape index (κ2) is 3.81. The van der Waals surface area contributed by atoms with E-state index in [9.17, 15) is 12.8 Å². The normalized spacial score (nSPS) is 27.5. The number of nitrogens with zero attached hydrogens (tertiary/aromatic N) is 1. The van der Waals surface area contributed by atoms with E-state index in [4.69, 9.17) is 5.26 Å². The van der Waals surface area contributed by atoms with E-state index < -0.39 is 20.4 Å². The highest BCUT2D eigenvalue weighted by molar-refractivity contribution is 7.93. The summed E-state index contributed by atoms with van der Waals surface area (Å²) in [5.74, 6) is -0.597. The standard InChI is InChI=1S/C12H12FNO2S/c1-2-9-7-12(9,8-14)17(15,16)11-5-3-10(13)4-6-11/h3-6,9H,2,7H2,1H3. The van der Waals surface area contributed by atoms with Gasteiger partial charge < -0.3 is 0 Å². The van der Waals surface area contributed by atoms with E-state index in [-0.39, 0.29) is 10.8 Å². The maximum atomic E-state index is 12.8. The Labute approximate surface area is 99.8 Å². The van der Waals surface area contributed by atoms with Gasteiger partial charge in [-0.2, -0.15) is 5.26 Å².